The van der Waals surface area contributed by atoms with Crippen LogP contribution in [0.15, 0.2) is 48.5 Å². The van der Waals surface area contributed by atoms with Crippen LogP contribution in [0.25, 0.3) is 10.9 Å². The van der Waals surface area contributed by atoms with Crippen molar-refractivity contribution in [2.75, 3.05) is 7.11 Å². The average molecular weight is 322 g/mol. The molecule has 24 heavy (non-hydrogen) atoms. The van der Waals surface area contributed by atoms with Crippen molar-refractivity contribution in [3.05, 3.63) is 65.4 Å². The van der Waals surface area contributed by atoms with Crippen molar-refractivity contribution < 1.29 is 14.6 Å². The van der Waals surface area contributed by atoms with Gasteiger partial charge in [0, 0.05) is 23.0 Å². The van der Waals surface area contributed by atoms with E-state index >= 15 is 0 Å². The Morgan fingerprint density at radius 2 is 2.04 bits per heavy atom. The maximum Gasteiger partial charge on any atom is 0.323 e. The van der Waals surface area contributed by atoms with Gasteiger partial charge in [0.15, 0.2) is 0 Å². The quantitative estimate of drug-likeness (QED) is 0.634. The molecular weight excluding hydrogens is 304 g/mol. The minimum absolute atomic E-state index is 0.201. The van der Waals surface area contributed by atoms with Gasteiger partial charge in [0.2, 0.25) is 0 Å². The number of carbonyl (C=O) groups excluding carboxylic acids is 1. The Morgan fingerprint density at radius 1 is 1.21 bits per heavy atom. The second kappa shape index (κ2) is 5.69. The first-order valence-corrected chi connectivity index (χ1v) is 7.89. The molecule has 0 amide bonds. The highest BCUT2D eigenvalue weighted by Crippen LogP contribution is 2.36. The van der Waals surface area contributed by atoms with Crippen LogP contribution in [0.3, 0.4) is 0 Å². The number of phenols is 1. The number of carbonyl (C=O) groups is 1. The first-order valence-electron chi connectivity index (χ1n) is 7.89. The Labute approximate surface area is 139 Å². The molecule has 0 fully saturated rings. The van der Waals surface area contributed by atoms with E-state index in [0.717, 1.165) is 27.7 Å². The molecule has 0 saturated heterocycles. The number of aromatic amines is 1. The number of phenolic OH excluding ortho intramolecular Hbond substituents is 1. The maximum absolute atomic E-state index is 12.1. The zero-order valence-corrected chi connectivity index (χ0v) is 13.2. The third-order valence-corrected chi connectivity index (χ3v) is 4.60. The number of para-hydroxylation sites is 1. The lowest BCUT2D eigenvalue weighted by Crippen LogP contribution is -2.45. The minimum atomic E-state index is -0.422. The van der Waals surface area contributed by atoms with Gasteiger partial charge in [-0.1, -0.05) is 30.3 Å². The van der Waals surface area contributed by atoms with Gasteiger partial charge in [-0.2, -0.15) is 0 Å². The molecule has 2 heterocycles. The van der Waals surface area contributed by atoms with E-state index in [2.05, 4.69) is 16.4 Å². The number of fused-ring (bicyclic) bond motifs is 3. The zero-order chi connectivity index (χ0) is 16.7. The number of aromatic hydroxyl groups is 1. The van der Waals surface area contributed by atoms with Crippen LogP contribution in [-0.2, 0) is 16.0 Å². The summed E-state index contributed by atoms with van der Waals surface area (Å²) >= 11 is 0. The fraction of sp³-hybridized carbons (Fsp3) is 0.211. The number of hydrogen-bond donors (Lipinski definition) is 3. The summed E-state index contributed by atoms with van der Waals surface area (Å²) in [5, 5.41) is 14.3. The third kappa shape index (κ3) is 2.34. The average Bonchev–Trinajstić information content (AvgIpc) is 2.99. The second-order valence-electron chi connectivity index (χ2n) is 6.04. The van der Waals surface area contributed by atoms with Gasteiger partial charge in [-0.05, 0) is 29.3 Å². The zero-order valence-electron chi connectivity index (χ0n) is 13.2. The molecule has 5 nitrogen and oxygen atoms in total. The lowest BCUT2D eigenvalue weighted by molar-refractivity contribution is -0.143. The molecular formula is C19H18N2O3. The number of hydrogen-bond acceptors (Lipinski definition) is 4. The summed E-state index contributed by atoms with van der Waals surface area (Å²) in [7, 11) is 1.40. The van der Waals surface area contributed by atoms with Gasteiger partial charge in [0.25, 0.3) is 0 Å². The van der Waals surface area contributed by atoms with Crippen LogP contribution in [0.5, 0.6) is 5.75 Å². The number of H-pyrrole nitrogens is 1. The van der Waals surface area contributed by atoms with Crippen LogP contribution in [0, 0.1) is 0 Å². The molecule has 1 unspecified atom stereocenters. The van der Waals surface area contributed by atoms with Crippen molar-refractivity contribution in [2.45, 2.75) is 18.5 Å². The molecule has 1 aliphatic heterocycles. The molecule has 0 radical (unpaired) electrons. The summed E-state index contributed by atoms with van der Waals surface area (Å²) in [6, 6.07) is 14.5. The smallest absolute Gasteiger partial charge is 0.323 e. The number of nitrogens with one attached hydrogen (secondary N) is 2. The first-order chi connectivity index (χ1) is 11.7. The number of rotatable bonds is 2. The topological polar surface area (TPSA) is 74.4 Å². The van der Waals surface area contributed by atoms with Crippen molar-refractivity contribution in [2.24, 2.45) is 0 Å². The summed E-state index contributed by atoms with van der Waals surface area (Å²) < 4.78 is 4.94. The van der Waals surface area contributed by atoms with Crippen LogP contribution in [0.1, 0.15) is 22.9 Å². The monoisotopic (exact) mass is 322 g/mol. The van der Waals surface area contributed by atoms with Crippen molar-refractivity contribution in [1.82, 2.24) is 10.3 Å². The number of methoxy groups -OCH3 is 1. The predicted octanol–water partition coefficient (Wildman–Crippen LogP) is 2.65. The van der Waals surface area contributed by atoms with Crippen molar-refractivity contribution in [3.8, 4) is 5.75 Å². The van der Waals surface area contributed by atoms with Crippen molar-refractivity contribution >= 4 is 16.9 Å². The molecule has 4 rings (SSSR count). The minimum Gasteiger partial charge on any atom is -0.508 e. The molecule has 0 spiro atoms. The first kappa shape index (κ1) is 14.8. The molecule has 0 aliphatic carbocycles. The van der Waals surface area contributed by atoms with Gasteiger partial charge in [-0.3, -0.25) is 10.1 Å². The molecule has 1 aromatic heterocycles. The third-order valence-electron chi connectivity index (χ3n) is 4.60. The van der Waals surface area contributed by atoms with Gasteiger partial charge in [-0.15, -0.1) is 0 Å². The van der Waals surface area contributed by atoms with E-state index in [0.29, 0.717) is 6.42 Å². The normalized spacial score (nSPS) is 19.9. The largest absolute Gasteiger partial charge is 0.508 e. The van der Waals surface area contributed by atoms with Gasteiger partial charge in [-0.25, -0.2) is 0 Å². The van der Waals surface area contributed by atoms with E-state index < -0.39 is 6.04 Å². The molecule has 1 aliphatic rings. The van der Waals surface area contributed by atoms with E-state index in [-0.39, 0.29) is 17.8 Å². The highest BCUT2D eigenvalue weighted by molar-refractivity contribution is 5.87. The van der Waals surface area contributed by atoms with Crippen LogP contribution < -0.4 is 5.32 Å². The van der Waals surface area contributed by atoms with E-state index in [1.165, 1.54) is 7.11 Å². The predicted molar refractivity (Wildman–Crippen MR) is 90.9 cm³/mol. The van der Waals surface area contributed by atoms with Crippen LogP contribution in [0.4, 0.5) is 0 Å². The van der Waals surface area contributed by atoms with Crippen molar-refractivity contribution in [1.29, 1.82) is 0 Å². The SMILES string of the molecule is COC(=O)[C@H]1Cc2c([nH]c3ccccc23)C(c2cccc(O)c2)N1. The Balaban J connectivity index is 1.88. The van der Waals surface area contributed by atoms with Gasteiger partial charge in [0.05, 0.1) is 13.2 Å². The molecule has 3 N–H and O–H groups in total. The number of esters is 1. The standard InChI is InChI=1S/C19H18N2O3/c1-24-19(23)16-10-14-13-7-2-3-8-15(13)20-18(14)17(21-16)11-5-4-6-12(22)9-11/h2-9,16-17,20-22H,10H2,1H3/t16-,17?/m1/s1. The fourth-order valence-electron chi connectivity index (χ4n) is 3.50. The molecule has 122 valence electrons. The number of aromatic nitrogens is 1. The molecule has 5 heteroatoms. The lowest BCUT2D eigenvalue weighted by Gasteiger charge is -2.30. The highest BCUT2D eigenvalue weighted by Gasteiger charge is 2.34. The lowest BCUT2D eigenvalue weighted by atomic mass is 9.90. The van der Waals surface area contributed by atoms with E-state index in [1.54, 1.807) is 18.2 Å². The van der Waals surface area contributed by atoms with Crippen LogP contribution >= 0.6 is 0 Å². The molecule has 2 aromatic carbocycles. The Kier molecular flexibility index (Phi) is 3.50. The summed E-state index contributed by atoms with van der Waals surface area (Å²) in [5.41, 5.74) is 4.09. The Hall–Kier alpha value is -2.79. The van der Waals surface area contributed by atoms with Gasteiger partial charge in [0.1, 0.15) is 11.8 Å². The number of benzene rings is 2. The maximum atomic E-state index is 12.1. The van der Waals surface area contributed by atoms with Gasteiger partial charge < -0.3 is 14.8 Å². The highest BCUT2D eigenvalue weighted by atomic mass is 16.5. The molecule has 2 atom stereocenters. The van der Waals surface area contributed by atoms with Gasteiger partial charge >= 0.3 is 5.97 Å². The molecule has 0 bridgehead atoms. The summed E-state index contributed by atoms with van der Waals surface area (Å²) in [5.74, 6) is -0.0803. The summed E-state index contributed by atoms with van der Waals surface area (Å²) in [6.07, 6.45) is 0.571. The van der Waals surface area contributed by atoms with E-state index in [1.807, 2.05) is 24.3 Å². The van der Waals surface area contributed by atoms with Crippen LogP contribution in [0.2, 0.25) is 0 Å². The summed E-state index contributed by atoms with van der Waals surface area (Å²) in [6.45, 7) is 0. The van der Waals surface area contributed by atoms with Crippen LogP contribution in [-0.4, -0.2) is 29.2 Å². The van der Waals surface area contributed by atoms with Crippen molar-refractivity contribution in [3.63, 3.8) is 0 Å². The molecule has 0 saturated carbocycles. The molecule has 3 aromatic rings. The summed E-state index contributed by atoms with van der Waals surface area (Å²) in [4.78, 5) is 15.6. The fourth-order valence-corrected chi connectivity index (χ4v) is 3.50. The number of ether oxygens (including phenoxy) is 1. The van der Waals surface area contributed by atoms with E-state index in [4.69, 9.17) is 4.74 Å². The second-order valence-corrected chi connectivity index (χ2v) is 6.04. The Morgan fingerprint density at radius 3 is 2.83 bits per heavy atom. The Bertz CT molecular complexity index is 916. The van der Waals surface area contributed by atoms with E-state index in [9.17, 15) is 9.90 Å².